The van der Waals surface area contributed by atoms with Gasteiger partial charge in [0.25, 0.3) is 0 Å². The third kappa shape index (κ3) is 3.23. The topological polar surface area (TPSA) is 97.6 Å². The predicted octanol–water partition coefficient (Wildman–Crippen LogP) is 1.65. The first-order valence-corrected chi connectivity index (χ1v) is 12.9. The average Bonchev–Trinajstić information content (AvgIpc) is 3.37. The monoisotopic (exact) mass is 462 g/mol. The van der Waals surface area contributed by atoms with E-state index in [0.717, 1.165) is 18.9 Å². The molecule has 0 spiro atoms. The van der Waals surface area contributed by atoms with Gasteiger partial charge in [-0.25, -0.2) is 0 Å². The fourth-order valence-electron chi connectivity index (χ4n) is 3.48. The van der Waals surface area contributed by atoms with Gasteiger partial charge in [0.15, 0.2) is 0 Å². The van der Waals surface area contributed by atoms with Crippen molar-refractivity contribution >= 4 is 49.9 Å². The third-order valence-electron chi connectivity index (χ3n) is 4.96. The van der Waals surface area contributed by atoms with Crippen molar-refractivity contribution in [2.75, 3.05) is 25.1 Å². The van der Waals surface area contributed by atoms with E-state index in [-0.39, 0.29) is 32.8 Å². The van der Waals surface area contributed by atoms with Crippen molar-refractivity contribution in [2.24, 2.45) is 0 Å². The van der Waals surface area contributed by atoms with Crippen LogP contribution in [0.1, 0.15) is 10.4 Å². The molecule has 0 saturated carbocycles. The number of hydrogen-bond acceptors (Lipinski definition) is 7. The molecule has 1 unspecified atom stereocenters. The number of methoxy groups -OCH3 is 1. The van der Waals surface area contributed by atoms with Crippen molar-refractivity contribution in [3.8, 4) is 5.13 Å². The maximum absolute atomic E-state index is 12.6. The molecule has 3 aromatic rings. The second-order valence-corrected chi connectivity index (χ2v) is 10.1. The van der Waals surface area contributed by atoms with Crippen LogP contribution < -0.4 is 10.3 Å². The first-order valence-electron chi connectivity index (χ1n) is 8.68. The van der Waals surface area contributed by atoms with Gasteiger partial charge in [0.05, 0.1) is 0 Å². The van der Waals surface area contributed by atoms with E-state index >= 15 is 0 Å². The van der Waals surface area contributed by atoms with Gasteiger partial charge in [-0.3, -0.25) is 0 Å². The average molecular weight is 462 g/mol. The van der Waals surface area contributed by atoms with Crippen LogP contribution in [0.3, 0.4) is 0 Å². The van der Waals surface area contributed by atoms with Crippen molar-refractivity contribution in [3.63, 3.8) is 0 Å². The Balaban J connectivity index is 1.87. The van der Waals surface area contributed by atoms with Crippen molar-refractivity contribution < 1.29 is 14.6 Å². The molecule has 0 aliphatic carbocycles. The molecule has 0 bridgehead atoms. The molecule has 3 aromatic heterocycles. The molecular formula is C18H19AsN4O4S. The number of rotatable bonds is 5. The zero-order chi connectivity index (χ0) is 19.8. The van der Waals surface area contributed by atoms with Crippen LogP contribution in [0.4, 0.5) is 5.82 Å². The molecule has 1 N–H and O–H groups in total. The summed E-state index contributed by atoms with van der Waals surface area (Å²) in [5.74, 6) is -0.510. The van der Waals surface area contributed by atoms with Gasteiger partial charge < -0.3 is 0 Å². The Kier molecular flexibility index (Phi) is 5.23. The molecule has 8 nitrogen and oxygen atoms in total. The van der Waals surface area contributed by atoms with Gasteiger partial charge >= 0.3 is 172 Å². The summed E-state index contributed by atoms with van der Waals surface area (Å²) >= 11 is 1.24. The molecule has 0 amide bonds. The Morgan fingerprint density at radius 3 is 2.82 bits per heavy atom. The van der Waals surface area contributed by atoms with Crippen molar-refractivity contribution in [1.29, 1.82) is 0 Å². The summed E-state index contributed by atoms with van der Waals surface area (Å²) in [4.78, 5) is 35.3. The number of thiazole rings is 1. The minimum absolute atomic E-state index is 0.108. The summed E-state index contributed by atoms with van der Waals surface area (Å²) in [6.07, 6.45) is 3.14. The fourth-order valence-corrected chi connectivity index (χ4v) is 6.23. The number of hydrogen-bond donors (Lipinski definition) is 1. The van der Waals surface area contributed by atoms with Crippen molar-refractivity contribution in [1.82, 2.24) is 14.5 Å². The number of carboxylic acids is 1. The molecule has 1 fully saturated rings. The molecule has 146 valence electrons. The van der Waals surface area contributed by atoms with Gasteiger partial charge in [0.2, 0.25) is 0 Å². The number of ether oxygens (including phenoxy) is 1. The van der Waals surface area contributed by atoms with Crippen molar-refractivity contribution in [3.05, 3.63) is 45.7 Å². The normalized spacial score (nSPS) is 19.9. The summed E-state index contributed by atoms with van der Waals surface area (Å²) in [6, 6.07) is 3.44. The van der Waals surface area contributed by atoms with Crippen LogP contribution in [-0.4, -0.2) is 67.7 Å². The van der Waals surface area contributed by atoms with Crippen LogP contribution in [-0.2, 0) is 4.74 Å². The number of carbonyl (C=O) groups is 1. The molecule has 3 atom stereocenters. The Hall–Kier alpha value is -2.22. The van der Waals surface area contributed by atoms with Gasteiger partial charge in [-0.2, -0.15) is 0 Å². The van der Waals surface area contributed by atoms with Gasteiger partial charge in [-0.15, -0.1) is 0 Å². The summed E-state index contributed by atoms with van der Waals surface area (Å²) in [5, 5.41) is 12.0. The van der Waals surface area contributed by atoms with E-state index in [1.165, 1.54) is 17.5 Å². The molecule has 10 heteroatoms. The second kappa shape index (κ2) is 7.66. The molecule has 1 aliphatic rings. The van der Waals surface area contributed by atoms with E-state index < -0.39 is 11.4 Å². The van der Waals surface area contributed by atoms with E-state index in [0.29, 0.717) is 15.5 Å². The van der Waals surface area contributed by atoms with Crippen LogP contribution in [0.2, 0.25) is 10.4 Å². The first-order chi connectivity index (χ1) is 13.5. The number of fused-ring (bicyclic) bond motifs is 1. The van der Waals surface area contributed by atoms with Crippen LogP contribution in [0.15, 0.2) is 34.7 Å². The van der Waals surface area contributed by atoms with Crippen LogP contribution in [0.25, 0.3) is 16.2 Å². The number of aromatic nitrogens is 3. The molecule has 4 rings (SSSR count). The zero-order valence-electron chi connectivity index (χ0n) is 15.3. The van der Waals surface area contributed by atoms with E-state index in [1.54, 1.807) is 35.4 Å². The van der Waals surface area contributed by atoms with E-state index in [1.807, 2.05) is 0 Å². The second-order valence-electron chi connectivity index (χ2n) is 6.48. The summed E-state index contributed by atoms with van der Waals surface area (Å²) in [6.45, 7) is 1.63. The number of aromatic carboxylic acids is 1. The Morgan fingerprint density at radius 2 is 2.21 bits per heavy atom. The molecular weight excluding hydrogens is 443 g/mol. The van der Waals surface area contributed by atoms with Gasteiger partial charge in [-0.1, -0.05) is 0 Å². The molecule has 0 aromatic carbocycles. The van der Waals surface area contributed by atoms with Gasteiger partial charge in [-0.05, 0) is 0 Å². The maximum atomic E-state index is 12.6. The van der Waals surface area contributed by atoms with Crippen molar-refractivity contribution in [2.45, 2.75) is 16.5 Å². The zero-order valence-corrected chi connectivity index (χ0v) is 18.2. The molecule has 0 radical (unpaired) electrons. The SMILES string of the molecule is CO[C@H]1CN(c2ccc3c(=O)c(C(=O)O)cn(-c4nccs4)c3n2)C[C@@H]1[AsH]C. The Labute approximate surface area is 171 Å². The predicted molar refractivity (Wildman–Crippen MR) is 110 cm³/mol. The third-order valence-corrected chi connectivity index (χ3v) is 8.45. The number of carboxylic acid groups (broad SMARTS) is 1. The van der Waals surface area contributed by atoms with Gasteiger partial charge in [0, 0.05) is 0 Å². The van der Waals surface area contributed by atoms with E-state index in [9.17, 15) is 14.7 Å². The number of nitrogens with zero attached hydrogens (tertiary/aromatic N) is 4. The van der Waals surface area contributed by atoms with Gasteiger partial charge in [0.1, 0.15) is 0 Å². The van der Waals surface area contributed by atoms with Crippen LogP contribution in [0.5, 0.6) is 0 Å². The summed E-state index contributed by atoms with van der Waals surface area (Å²) < 4.78 is 7.76. The quantitative estimate of drug-likeness (QED) is 0.576. The van der Waals surface area contributed by atoms with E-state index in [2.05, 4.69) is 15.6 Å². The summed E-state index contributed by atoms with van der Waals surface area (Å²) in [7, 11) is 1.74. The molecule has 28 heavy (non-hydrogen) atoms. The Morgan fingerprint density at radius 1 is 1.39 bits per heavy atom. The first kappa shape index (κ1) is 19.1. The summed E-state index contributed by atoms with van der Waals surface area (Å²) in [5.41, 5.74) is 1.84. The molecule has 1 aliphatic heterocycles. The minimum atomic E-state index is -1.26. The molecule has 4 heterocycles. The number of pyridine rings is 2. The number of anilines is 1. The molecule has 1 saturated heterocycles. The van der Waals surface area contributed by atoms with E-state index in [4.69, 9.17) is 9.72 Å². The Bertz CT molecular complexity index is 1070. The van der Waals surface area contributed by atoms with Crippen LogP contribution >= 0.6 is 11.3 Å². The van der Waals surface area contributed by atoms with Crippen LogP contribution in [0, 0.1) is 0 Å². The standard InChI is InChI=1S/C18H19AsN4O4S/c1-19-12-8-22(9-13(12)27-2)14-4-3-10-15(24)11(17(25)26)7-23(16(10)21-14)18-20-5-6-28-18/h3-7,12-13,19H,8-9H2,1-2H3,(H,25,26)/t12-,13-/m0/s1. The fraction of sp³-hybridized carbons (Fsp3) is 0.333.